The van der Waals surface area contributed by atoms with Crippen molar-refractivity contribution < 1.29 is 9.53 Å². The number of hydrogen-bond donors (Lipinski definition) is 1. The molecule has 0 bridgehead atoms. The number of halogens is 1. The van der Waals surface area contributed by atoms with Crippen molar-refractivity contribution in [3.63, 3.8) is 0 Å². The zero-order chi connectivity index (χ0) is 14.5. The first-order valence-corrected chi connectivity index (χ1v) is 7.40. The van der Waals surface area contributed by atoms with Crippen LogP contribution >= 0.6 is 15.9 Å². The Morgan fingerprint density at radius 2 is 1.80 bits per heavy atom. The molecule has 1 N–H and O–H groups in total. The summed E-state index contributed by atoms with van der Waals surface area (Å²) in [5.41, 5.74) is 3.89. The van der Waals surface area contributed by atoms with Gasteiger partial charge in [0.05, 0.1) is 5.56 Å². The van der Waals surface area contributed by atoms with E-state index < -0.39 is 0 Å². The minimum absolute atomic E-state index is 0.174. The predicted octanol–water partition coefficient (Wildman–Crippen LogP) is 4.29. The number of carbonyl (C=O) groups excluding carboxylic acids is 1. The van der Waals surface area contributed by atoms with Gasteiger partial charge in [-0.3, -0.25) is 4.79 Å². The first-order valence-electron chi connectivity index (χ1n) is 6.27. The lowest BCUT2D eigenvalue weighted by Gasteiger charge is -2.11. The summed E-state index contributed by atoms with van der Waals surface area (Å²) >= 11 is 3.20. The molecule has 20 heavy (non-hydrogen) atoms. The fourth-order valence-electron chi connectivity index (χ4n) is 2.08. The Morgan fingerprint density at radius 3 is 2.45 bits per heavy atom. The van der Waals surface area contributed by atoms with Crippen LogP contribution in [-0.2, 0) is 0 Å². The molecule has 2 aromatic carbocycles. The number of amides is 1. The molecule has 0 fully saturated rings. The number of nitrogens with one attached hydrogen (secondary N) is 1. The highest BCUT2D eigenvalue weighted by molar-refractivity contribution is 9.09. The number of aryl methyl sites for hydroxylation is 2. The number of para-hydroxylation sites is 1. The molecule has 0 saturated carbocycles. The van der Waals surface area contributed by atoms with Crippen LogP contribution in [0.3, 0.4) is 0 Å². The number of carbonyl (C=O) groups is 1. The molecular weight excluding hydrogens is 318 g/mol. The third kappa shape index (κ3) is 3.61. The second kappa shape index (κ2) is 6.57. The molecule has 0 aromatic heterocycles. The monoisotopic (exact) mass is 333 g/mol. The van der Waals surface area contributed by atoms with E-state index in [2.05, 4.69) is 27.3 Å². The summed E-state index contributed by atoms with van der Waals surface area (Å²) in [6.07, 6.45) is 0. The SMILES string of the molecule is Cc1cc(C)cc(NC(=O)c2ccccc2OCBr)c1. The molecule has 0 atom stereocenters. The quantitative estimate of drug-likeness (QED) is 0.847. The third-order valence-electron chi connectivity index (χ3n) is 2.82. The van der Waals surface area contributed by atoms with E-state index in [9.17, 15) is 4.79 Å². The van der Waals surface area contributed by atoms with Crippen molar-refractivity contribution in [3.8, 4) is 5.75 Å². The smallest absolute Gasteiger partial charge is 0.259 e. The van der Waals surface area contributed by atoms with Crippen molar-refractivity contribution in [2.45, 2.75) is 13.8 Å². The van der Waals surface area contributed by atoms with Crippen LogP contribution in [0.5, 0.6) is 5.75 Å². The molecule has 0 radical (unpaired) electrons. The molecule has 4 heteroatoms. The molecule has 3 nitrogen and oxygen atoms in total. The van der Waals surface area contributed by atoms with E-state index in [1.54, 1.807) is 12.1 Å². The Labute approximate surface area is 127 Å². The van der Waals surface area contributed by atoms with Crippen LogP contribution in [0.1, 0.15) is 21.5 Å². The van der Waals surface area contributed by atoms with Gasteiger partial charge >= 0.3 is 0 Å². The van der Waals surface area contributed by atoms with Gasteiger partial charge in [0.15, 0.2) is 0 Å². The Hall–Kier alpha value is -1.81. The molecule has 0 heterocycles. The highest BCUT2D eigenvalue weighted by Crippen LogP contribution is 2.21. The summed E-state index contributed by atoms with van der Waals surface area (Å²) in [6.45, 7) is 4.01. The minimum Gasteiger partial charge on any atom is -0.482 e. The highest BCUT2D eigenvalue weighted by Gasteiger charge is 2.12. The van der Waals surface area contributed by atoms with Gasteiger partial charge in [0, 0.05) is 5.69 Å². The van der Waals surface area contributed by atoms with Crippen LogP contribution in [0.15, 0.2) is 42.5 Å². The average Bonchev–Trinajstić information content (AvgIpc) is 2.38. The Balaban J connectivity index is 2.23. The summed E-state index contributed by atoms with van der Waals surface area (Å²) in [5, 5.41) is 2.90. The molecule has 0 aliphatic rings. The second-order valence-electron chi connectivity index (χ2n) is 4.58. The number of ether oxygens (including phenoxy) is 1. The third-order valence-corrected chi connectivity index (χ3v) is 3.05. The fourth-order valence-corrected chi connectivity index (χ4v) is 2.33. The molecule has 0 saturated heterocycles. The molecular formula is C16H16BrNO2. The maximum atomic E-state index is 12.3. The second-order valence-corrected chi connectivity index (χ2v) is 5.04. The van der Waals surface area contributed by atoms with E-state index in [1.807, 2.05) is 38.1 Å². The maximum absolute atomic E-state index is 12.3. The van der Waals surface area contributed by atoms with Crippen LogP contribution in [0.4, 0.5) is 5.69 Å². The first-order chi connectivity index (χ1) is 9.60. The minimum atomic E-state index is -0.174. The Bertz CT molecular complexity index is 605. The normalized spacial score (nSPS) is 10.2. The fraction of sp³-hybridized carbons (Fsp3) is 0.188. The number of hydrogen-bond acceptors (Lipinski definition) is 2. The van der Waals surface area contributed by atoms with Gasteiger partial charge in [-0.1, -0.05) is 18.2 Å². The standard InChI is InChI=1S/C16H16BrNO2/c1-11-7-12(2)9-13(8-11)18-16(19)14-5-3-4-6-15(14)20-10-17/h3-9H,10H2,1-2H3,(H,18,19). The van der Waals surface area contributed by atoms with Crippen molar-refractivity contribution >= 4 is 27.5 Å². The zero-order valence-corrected chi connectivity index (χ0v) is 13.0. The van der Waals surface area contributed by atoms with Crippen LogP contribution in [0, 0.1) is 13.8 Å². The summed E-state index contributed by atoms with van der Waals surface area (Å²) in [5.74, 6) is 0.387. The summed E-state index contributed by atoms with van der Waals surface area (Å²) in [7, 11) is 0. The van der Waals surface area contributed by atoms with Crippen LogP contribution in [-0.4, -0.2) is 11.4 Å². The summed E-state index contributed by atoms with van der Waals surface area (Å²) in [4.78, 5) is 12.3. The summed E-state index contributed by atoms with van der Waals surface area (Å²) < 4.78 is 5.40. The number of anilines is 1. The Morgan fingerprint density at radius 1 is 1.15 bits per heavy atom. The molecule has 104 valence electrons. The van der Waals surface area contributed by atoms with Gasteiger partial charge in [-0.25, -0.2) is 0 Å². The van der Waals surface area contributed by atoms with Gasteiger partial charge in [0.1, 0.15) is 11.3 Å². The van der Waals surface area contributed by atoms with E-state index in [4.69, 9.17) is 4.74 Å². The molecule has 2 rings (SSSR count). The lowest BCUT2D eigenvalue weighted by Crippen LogP contribution is -2.13. The maximum Gasteiger partial charge on any atom is 0.259 e. The zero-order valence-electron chi connectivity index (χ0n) is 11.4. The van der Waals surface area contributed by atoms with E-state index in [0.29, 0.717) is 16.8 Å². The molecule has 0 unspecified atom stereocenters. The van der Waals surface area contributed by atoms with Gasteiger partial charge in [-0.05, 0) is 65.2 Å². The number of alkyl halides is 1. The first kappa shape index (κ1) is 14.6. The molecule has 0 aliphatic carbocycles. The molecule has 1 amide bonds. The van der Waals surface area contributed by atoms with E-state index >= 15 is 0 Å². The molecule has 0 aliphatic heterocycles. The summed E-state index contributed by atoms with van der Waals surface area (Å²) in [6, 6.07) is 13.1. The topological polar surface area (TPSA) is 38.3 Å². The van der Waals surface area contributed by atoms with Crippen molar-refractivity contribution in [3.05, 3.63) is 59.2 Å². The van der Waals surface area contributed by atoms with Crippen LogP contribution in [0.2, 0.25) is 0 Å². The van der Waals surface area contributed by atoms with Crippen molar-refractivity contribution in [2.75, 3.05) is 10.8 Å². The van der Waals surface area contributed by atoms with Crippen LogP contribution in [0.25, 0.3) is 0 Å². The Kier molecular flexibility index (Phi) is 4.79. The van der Waals surface area contributed by atoms with E-state index in [1.165, 1.54) is 0 Å². The number of rotatable bonds is 4. The van der Waals surface area contributed by atoms with Gasteiger partial charge in [0.2, 0.25) is 0 Å². The number of benzene rings is 2. The molecule has 0 spiro atoms. The lowest BCUT2D eigenvalue weighted by atomic mass is 10.1. The van der Waals surface area contributed by atoms with Gasteiger partial charge in [0.25, 0.3) is 5.91 Å². The predicted molar refractivity (Wildman–Crippen MR) is 84.7 cm³/mol. The van der Waals surface area contributed by atoms with Crippen molar-refractivity contribution in [1.82, 2.24) is 0 Å². The van der Waals surface area contributed by atoms with Gasteiger partial charge in [-0.2, -0.15) is 0 Å². The van der Waals surface area contributed by atoms with Crippen molar-refractivity contribution in [1.29, 1.82) is 0 Å². The average molecular weight is 334 g/mol. The van der Waals surface area contributed by atoms with Gasteiger partial charge < -0.3 is 10.1 Å². The highest BCUT2D eigenvalue weighted by atomic mass is 79.9. The van der Waals surface area contributed by atoms with Crippen molar-refractivity contribution in [2.24, 2.45) is 0 Å². The largest absolute Gasteiger partial charge is 0.482 e. The van der Waals surface area contributed by atoms with E-state index in [-0.39, 0.29) is 5.91 Å². The molecule has 2 aromatic rings. The van der Waals surface area contributed by atoms with E-state index in [0.717, 1.165) is 16.8 Å². The lowest BCUT2D eigenvalue weighted by molar-refractivity contribution is 0.102. The van der Waals surface area contributed by atoms with Gasteiger partial charge in [-0.15, -0.1) is 0 Å². The van der Waals surface area contributed by atoms with Crippen LogP contribution < -0.4 is 10.1 Å².